The van der Waals surface area contributed by atoms with Crippen LogP contribution in [0, 0.1) is 0 Å². The largest absolute Gasteiger partial charge is 0.480 e. The summed E-state index contributed by atoms with van der Waals surface area (Å²) in [5.74, 6) is -0.723. The SMILES string of the molecule is CN(CC(=O)O)C1CCCC1.Cl. The molecule has 0 unspecified atom stereocenters. The van der Waals surface area contributed by atoms with Crippen LogP contribution < -0.4 is 0 Å². The second kappa shape index (κ2) is 5.38. The van der Waals surface area contributed by atoms with E-state index in [-0.39, 0.29) is 19.0 Å². The number of carboxylic acid groups (broad SMARTS) is 1. The molecule has 1 aliphatic carbocycles. The maximum Gasteiger partial charge on any atom is 0.317 e. The summed E-state index contributed by atoms with van der Waals surface area (Å²) in [6.07, 6.45) is 4.86. The van der Waals surface area contributed by atoms with Crippen molar-refractivity contribution in [2.75, 3.05) is 13.6 Å². The molecule has 12 heavy (non-hydrogen) atoms. The van der Waals surface area contributed by atoms with Gasteiger partial charge in [0.25, 0.3) is 0 Å². The van der Waals surface area contributed by atoms with Gasteiger partial charge in [0.1, 0.15) is 0 Å². The van der Waals surface area contributed by atoms with Gasteiger partial charge in [-0.3, -0.25) is 9.69 Å². The molecule has 0 atom stereocenters. The molecule has 3 nitrogen and oxygen atoms in total. The Morgan fingerprint density at radius 1 is 1.50 bits per heavy atom. The molecule has 0 amide bonds. The fourth-order valence-corrected chi connectivity index (χ4v) is 1.69. The van der Waals surface area contributed by atoms with Gasteiger partial charge in [-0.05, 0) is 19.9 Å². The Bertz CT molecular complexity index is 146. The number of aliphatic carboxylic acids is 1. The van der Waals surface area contributed by atoms with E-state index in [0.717, 1.165) is 0 Å². The van der Waals surface area contributed by atoms with Gasteiger partial charge in [-0.2, -0.15) is 0 Å². The molecule has 0 spiro atoms. The summed E-state index contributed by atoms with van der Waals surface area (Å²) in [6, 6.07) is 0.520. The lowest BCUT2D eigenvalue weighted by Gasteiger charge is -2.21. The average Bonchev–Trinajstić information content (AvgIpc) is 2.35. The standard InChI is InChI=1S/C8H15NO2.ClH/c1-9(6-8(10)11)7-4-2-3-5-7;/h7H,2-6H2,1H3,(H,10,11);1H. The molecular formula is C8H16ClNO2. The third-order valence-electron chi connectivity index (χ3n) is 2.33. The molecule has 1 fully saturated rings. The Morgan fingerprint density at radius 3 is 2.42 bits per heavy atom. The van der Waals surface area contributed by atoms with E-state index in [1.165, 1.54) is 25.7 Å². The molecule has 0 bridgehead atoms. The second-order valence-electron chi connectivity index (χ2n) is 3.25. The van der Waals surface area contributed by atoms with Crippen molar-refractivity contribution in [1.29, 1.82) is 0 Å². The van der Waals surface area contributed by atoms with E-state index >= 15 is 0 Å². The highest BCUT2D eigenvalue weighted by Gasteiger charge is 2.20. The van der Waals surface area contributed by atoms with Gasteiger partial charge in [-0.25, -0.2) is 0 Å². The van der Waals surface area contributed by atoms with Crippen molar-refractivity contribution in [3.63, 3.8) is 0 Å². The van der Waals surface area contributed by atoms with E-state index in [0.29, 0.717) is 6.04 Å². The molecule has 0 saturated heterocycles. The Morgan fingerprint density at radius 2 is 2.00 bits per heavy atom. The van der Waals surface area contributed by atoms with Crippen LogP contribution in [0.1, 0.15) is 25.7 Å². The van der Waals surface area contributed by atoms with Crippen molar-refractivity contribution in [2.24, 2.45) is 0 Å². The quantitative estimate of drug-likeness (QED) is 0.736. The number of carbonyl (C=O) groups is 1. The summed E-state index contributed by atoms with van der Waals surface area (Å²) in [5.41, 5.74) is 0. The van der Waals surface area contributed by atoms with Crippen molar-refractivity contribution >= 4 is 18.4 Å². The molecule has 72 valence electrons. The molecule has 0 aromatic heterocycles. The van der Waals surface area contributed by atoms with Gasteiger partial charge in [0.2, 0.25) is 0 Å². The molecule has 4 heteroatoms. The first-order valence-corrected chi connectivity index (χ1v) is 4.12. The smallest absolute Gasteiger partial charge is 0.317 e. The molecular weight excluding hydrogens is 178 g/mol. The lowest BCUT2D eigenvalue weighted by molar-refractivity contribution is -0.138. The minimum atomic E-state index is -0.723. The number of halogens is 1. The number of hydrogen-bond acceptors (Lipinski definition) is 2. The zero-order valence-corrected chi connectivity index (χ0v) is 8.14. The van der Waals surface area contributed by atoms with Crippen LogP contribution >= 0.6 is 12.4 Å². The van der Waals surface area contributed by atoms with Crippen molar-refractivity contribution in [2.45, 2.75) is 31.7 Å². The van der Waals surface area contributed by atoms with Gasteiger partial charge < -0.3 is 5.11 Å². The summed E-state index contributed by atoms with van der Waals surface area (Å²) in [6.45, 7) is 0.185. The van der Waals surface area contributed by atoms with Crippen LogP contribution in [0.15, 0.2) is 0 Å². The number of hydrogen-bond donors (Lipinski definition) is 1. The summed E-state index contributed by atoms with van der Waals surface area (Å²) in [4.78, 5) is 12.3. The maximum absolute atomic E-state index is 10.3. The van der Waals surface area contributed by atoms with Crippen molar-refractivity contribution < 1.29 is 9.90 Å². The maximum atomic E-state index is 10.3. The van der Waals surface area contributed by atoms with Crippen molar-refractivity contribution in [3.8, 4) is 0 Å². The van der Waals surface area contributed by atoms with Gasteiger partial charge in [0.05, 0.1) is 6.54 Å². The summed E-state index contributed by atoms with van der Waals surface area (Å²) < 4.78 is 0. The Kier molecular flexibility index (Phi) is 5.25. The number of likely N-dealkylation sites (N-methyl/N-ethyl adjacent to an activating group) is 1. The highest BCUT2D eigenvalue weighted by Crippen LogP contribution is 2.21. The monoisotopic (exact) mass is 193 g/mol. The van der Waals surface area contributed by atoms with E-state index in [9.17, 15) is 4.79 Å². The topological polar surface area (TPSA) is 40.5 Å². The summed E-state index contributed by atoms with van der Waals surface area (Å²) in [7, 11) is 1.89. The lowest BCUT2D eigenvalue weighted by Crippen LogP contribution is -2.33. The average molecular weight is 194 g/mol. The van der Waals surface area contributed by atoms with Crippen LogP contribution in [0.2, 0.25) is 0 Å². The third-order valence-corrected chi connectivity index (χ3v) is 2.33. The van der Waals surface area contributed by atoms with E-state index in [1.807, 2.05) is 11.9 Å². The molecule has 0 aromatic rings. The third kappa shape index (κ3) is 3.41. The number of rotatable bonds is 3. The molecule has 1 rings (SSSR count). The van der Waals surface area contributed by atoms with Crippen molar-refractivity contribution in [3.05, 3.63) is 0 Å². The zero-order valence-electron chi connectivity index (χ0n) is 7.32. The highest BCUT2D eigenvalue weighted by molar-refractivity contribution is 5.85. The van der Waals surface area contributed by atoms with E-state index in [4.69, 9.17) is 5.11 Å². The van der Waals surface area contributed by atoms with Crippen LogP contribution in [0.4, 0.5) is 0 Å². The van der Waals surface area contributed by atoms with Crippen LogP contribution in [0.3, 0.4) is 0 Å². The molecule has 0 heterocycles. The fraction of sp³-hybridized carbons (Fsp3) is 0.875. The van der Waals surface area contributed by atoms with Crippen LogP contribution in [-0.4, -0.2) is 35.6 Å². The molecule has 1 aliphatic rings. The van der Waals surface area contributed by atoms with Crippen LogP contribution in [-0.2, 0) is 4.79 Å². The van der Waals surface area contributed by atoms with Crippen LogP contribution in [0.25, 0.3) is 0 Å². The first kappa shape index (κ1) is 11.7. The molecule has 0 aliphatic heterocycles. The molecule has 0 radical (unpaired) electrons. The van der Waals surface area contributed by atoms with Crippen LogP contribution in [0.5, 0.6) is 0 Å². The minimum absolute atomic E-state index is 0. The normalized spacial score (nSPS) is 17.8. The van der Waals surface area contributed by atoms with Gasteiger partial charge in [0.15, 0.2) is 0 Å². The Hall–Kier alpha value is -0.280. The summed E-state index contributed by atoms with van der Waals surface area (Å²) >= 11 is 0. The molecule has 1 saturated carbocycles. The van der Waals surface area contributed by atoms with E-state index < -0.39 is 5.97 Å². The van der Waals surface area contributed by atoms with Gasteiger partial charge >= 0.3 is 5.97 Å². The van der Waals surface area contributed by atoms with Gasteiger partial charge in [0, 0.05) is 6.04 Å². The highest BCUT2D eigenvalue weighted by atomic mass is 35.5. The fourth-order valence-electron chi connectivity index (χ4n) is 1.69. The lowest BCUT2D eigenvalue weighted by atomic mass is 10.2. The Balaban J connectivity index is 0.00000121. The van der Waals surface area contributed by atoms with E-state index in [1.54, 1.807) is 0 Å². The predicted octanol–water partition coefficient (Wildman–Crippen LogP) is 1.37. The van der Waals surface area contributed by atoms with Crippen molar-refractivity contribution in [1.82, 2.24) is 4.90 Å². The zero-order chi connectivity index (χ0) is 8.27. The second-order valence-corrected chi connectivity index (χ2v) is 3.25. The van der Waals surface area contributed by atoms with Gasteiger partial charge in [-0.1, -0.05) is 12.8 Å². The van der Waals surface area contributed by atoms with Gasteiger partial charge in [-0.15, -0.1) is 12.4 Å². The van der Waals surface area contributed by atoms with E-state index in [2.05, 4.69) is 0 Å². The Labute approximate surface area is 79.2 Å². The number of carboxylic acids is 1. The first-order chi connectivity index (χ1) is 5.20. The minimum Gasteiger partial charge on any atom is -0.480 e. The molecule has 0 aromatic carbocycles. The predicted molar refractivity (Wildman–Crippen MR) is 49.8 cm³/mol. The first-order valence-electron chi connectivity index (χ1n) is 4.12. The number of nitrogens with zero attached hydrogens (tertiary/aromatic N) is 1. The molecule has 1 N–H and O–H groups in total. The summed E-state index contributed by atoms with van der Waals surface area (Å²) in [5, 5.41) is 8.50.